The van der Waals surface area contributed by atoms with Crippen LogP contribution >= 0.6 is 0 Å². The SMILES string of the molecule is COc1nc(-c2cc(NC(=O)c3cccc(C(F)(F)F)c3)ccc2C)cc2cnc(S(C)(=O)=O)nc12. The Morgan fingerprint density at radius 1 is 1.06 bits per heavy atom. The van der Waals surface area contributed by atoms with Crippen molar-refractivity contribution < 1.29 is 31.1 Å². The van der Waals surface area contributed by atoms with E-state index in [1.54, 1.807) is 24.3 Å². The summed E-state index contributed by atoms with van der Waals surface area (Å²) in [6.07, 6.45) is -2.23. The van der Waals surface area contributed by atoms with Crippen molar-refractivity contribution in [1.82, 2.24) is 15.0 Å². The minimum atomic E-state index is -4.57. The number of hydrogen-bond donors (Lipinski definition) is 1. The third-order valence-electron chi connectivity index (χ3n) is 5.26. The number of carbonyl (C=O) groups is 1. The van der Waals surface area contributed by atoms with Gasteiger partial charge in [-0.1, -0.05) is 12.1 Å². The van der Waals surface area contributed by atoms with Gasteiger partial charge in [-0.25, -0.2) is 23.4 Å². The minimum absolute atomic E-state index is 0.0765. The van der Waals surface area contributed by atoms with Gasteiger partial charge in [0.2, 0.25) is 20.9 Å². The molecule has 12 heteroatoms. The number of nitrogens with zero attached hydrogens (tertiary/aromatic N) is 3. The number of rotatable bonds is 5. The lowest BCUT2D eigenvalue weighted by molar-refractivity contribution is -0.137. The molecular weight excluding hydrogens is 497 g/mol. The Balaban J connectivity index is 1.71. The number of ether oxygens (including phenoxy) is 1. The van der Waals surface area contributed by atoms with Crippen molar-refractivity contribution in [2.45, 2.75) is 18.3 Å². The van der Waals surface area contributed by atoms with Crippen molar-refractivity contribution in [2.24, 2.45) is 0 Å². The van der Waals surface area contributed by atoms with Gasteiger partial charge >= 0.3 is 6.18 Å². The number of carbonyl (C=O) groups excluding carboxylic acids is 1. The lowest BCUT2D eigenvalue weighted by Gasteiger charge is -2.13. The Morgan fingerprint density at radius 3 is 2.47 bits per heavy atom. The van der Waals surface area contributed by atoms with Gasteiger partial charge in [0, 0.05) is 34.7 Å². The molecule has 0 atom stereocenters. The highest BCUT2D eigenvalue weighted by Crippen LogP contribution is 2.32. The number of nitrogens with one attached hydrogen (secondary N) is 1. The molecule has 0 radical (unpaired) electrons. The number of sulfone groups is 1. The summed E-state index contributed by atoms with van der Waals surface area (Å²) in [5.74, 6) is -0.630. The van der Waals surface area contributed by atoms with Gasteiger partial charge in [-0.15, -0.1) is 0 Å². The van der Waals surface area contributed by atoms with Crippen LogP contribution in [-0.4, -0.2) is 42.6 Å². The van der Waals surface area contributed by atoms with Crippen LogP contribution in [0.3, 0.4) is 0 Å². The van der Waals surface area contributed by atoms with Crippen molar-refractivity contribution in [1.29, 1.82) is 0 Å². The predicted octanol–water partition coefficient (Wildman–Crippen LogP) is 4.68. The number of aromatic nitrogens is 3. The molecule has 2 aromatic carbocycles. The van der Waals surface area contributed by atoms with Crippen molar-refractivity contribution >= 4 is 32.3 Å². The van der Waals surface area contributed by atoms with E-state index in [9.17, 15) is 26.4 Å². The van der Waals surface area contributed by atoms with E-state index < -0.39 is 27.5 Å². The van der Waals surface area contributed by atoms with Gasteiger partial charge in [0.15, 0.2) is 0 Å². The molecule has 0 bridgehead atoms. The number of benzene rings is 2. The van der Waals surface area contributed by atoms with Gasteiger partial charge in [-0.3, -0.25) is 4.79 Å². The summed E-state index contributed by atoms with van der Waals surface area (Å²) in [5.41, 5.74) is 1.30. The molecule has 4 rings (SSSR count). The van der Waals surface area contributed by atoms with E-state index in [0.29, 0.717) is 22.3 Å². The summed E-state index contributed by atoms with van der Waals surface area (Å²) in [7, 11) is -2.28. The lowest BCUT2D eigenvalue weighted by atomic mass is 10.0. The number of pyridine rings is 1. The fraction of sp³-hybridized carbons (Fsp3) is 0.167. The molecule has 186 valence electrons. The normalized spacial score (nSPS) is 11.9. The molecule has 0 aliphatic heterocycles. The second-order valence-electron chi connectivity index (χ2n) is 7.94. The molecule has 0 saturated heterocycles. The van der Waals surface area contributed by atoms with Gasteiger partial charge < -0.3 is 10.1 Å². The van der Waals surface area contributed by atoms with Gasteiger partial charge in [0.25, 0.3) is 5.91 Å². The first-order chi connectivity index (χ1) is 16.9. The van der Waals surface area contributed by atoms with Gasteiger partial charge in [-0.2, -0.15) is 13.2 Å². The van der Waals surface area contributed by atoms with Crippen molar-refractivity contribution in [2.75, 3.05) is 18.7 Å². The first-order valence-corrected chi connectivity index (χ1v) is 12.3. The van der Waals surface area contributed by atoms with Crippen LogP contribution in [0.4, 0.5) is 18.9 Å². The summed E-state index contributed by atoms with van der Waals surface area (Å²) in [4.78, 5) is 25.1. The number of methoxy groups -OCH3 is 1. The molecule has 0 aliphatic rings. The fourth-order valence-corrected chi connectivity index (χ4v) is 3.97. The van der Waals surface area contributed by atoms with E-state index in [1.165, 1.54) is 25.4 Å². The van der Waals surface area contributed by atoms with E-state index in [0.717, 1.165) is 24.0 Å². The molecule has 0 spiro atoms. The molecule has 4 aromatic rings. The Kier molecular flexibility index (Phi) is 6.39. The van der Waals surface area contributed by atoms with Gasteiger partial charge in [0.1, 0.15) is 5.52 Å². The number of aryl methyl sites for hydroxylation is 1. The van der Waals surface area contributed by atoms with Crippen LogP contribution in [0.15, 0.2) is 59.9 Å². The summed E-state index contributed by atoms with van der Waals surface area (Å²) >= 11 is 0. The molecule has 36 heavy (non-hydrogen) atoms. The molecule has 0 saturated carbocycles. The smallest absolute Gasteiger partial charge is 0.416 e. The van der Waals surface area contributed by atoms with Crippen LogP contribution < -0.4 is 10.1 Å². The maximum Gasteiger partial charge on any atom is 0.416 e. The molecule has 1 amide bonds. The molecule has 2 heterocycles. The van der Waals surface area contributed by atoms with Crippen molar-refractivity contribution in [3.63, 3.8) is 0 Å². The fourth-order valence-electron chi connectivity index (χ4n) is 3.47. The van der Waals surface area contributed by atoms with Crippen molar-refractivity contribution in [3.8, 4) is 17.1 Å². The molecule has 0 unspecified atom stereocenters. The predicted molar refractivity (Wildman–Crippen MR) is 127 cm³/mol. The lowest BCUT2D eigenvalue weighted by Crippen LogP contribution is -2.14. The number of alkyl halides is 3. The van der Waals surface area contributed by atoms with Gasteiger partial charge in [0.05, 0.1) is 18.4 Å². The highest BCUT2D eigenvalue weighted by molar-refractivity contribution is 7.90. The standard InChI is InChI=1S/C24H19F3N4O4S/c1-13-7-8-17(29-21(32)14-5-4-6-16(9-14)24(25,26)27)11-18(13)19-10-15-12-28-23(36(3,33)34)31-20(15)22(30-19)35-2/h4-12H,1-3H3,(H,29,32). The summed E-state index contributed by atoms with van der Waals surface area (Å²) in [5, 5.41) is 2.72. The van der Waals surface area contributed by atoms with E-state index in [-0.39, 0.29) is 22.1 Å². The number of halogens is 3. The van der Waals surface area contributed by atoms with Gasteiger partial charge in [-0.05, 0) is 48.9 Å². The van der Waals surface area contributed by atoms with Crippen LogP contribution in [0.2, 0.25) is 0 Å². The minimum Gasteiger partial charge on any atom is -0.479 e. The molecular formula is C24H19F3N4O4S. The Bertz CT molecular complexity index is 1610. The van der Waals surface area contributed by atoms with Crippen LogP contribution in [0.25, 0.3) is 22.2 Å². The zero-order valence-corrected chi connectivity index (χ0v) is 20.0. The highest BCUT2D eigenvalue weighted by Gasteiger charge is 2.31. The first-order valence-electron chi connectivity index (χ1n) is 10.4. The maximum atomic E-state index is 13.0. The van der Waals surface area contributed by atoms with Crippen LogP contribution in [-0.2, 0) is 16.0 Å². The van der Waals surface area contributed by atoms with E-state index >= 15 is 0 Å². The molecule has 0 aliphatic carbocycles. The van der Waals surface area contributed by atoms with E-state index in [1.807, 2.05) is 6.92 Å². The number of fused-ring (bicyclic) bond motifs is 1. The van der Waals surface area contributed by atoms with Crippen LogP contribution in [0, 0.1) is 6.92 Å². The Morgan fingerprint density at radius 2 is 1.81 bits per heavy atom. The third kappa shape index (κ3) is 5.13. The van der Waals surface area contributed by atoms with E-state index in [4.69, 9.17) is 4.74 Å². The maximum absolute atomic E-state index is 13.0. The third-order valence-corrected chi connectivity index (χ3v) is 6.12. The molecule has 1 N–H and O–H groups in total. The number of hydrogen-bond acceptors (Lipinski definition) is 7. The van der Waals surface area contributed by atoms with E-state index in [2.05, 4.69) is 20.3 Å². The summed E-state index contributed by atoms with van der Waals surface area (Å²) in [6, 6.07) is 10.7. The number of anilines is 1. The summed E-state index contributed by atoms with van der Waals surface area (Å²) < 4.78 is 68.0. The molecule has 0 fully saturated rings. The molecule has 2 aromatic heterocycles. The topological polar surface area (TPSA) is 111 Å². The average molecular weight is 517 g/mol. The Hall–Kier alpha value is -4.06. The zero-order valence-electron chi connectivity index (χ0n) is 19.2. The molecule has 8 nitrogen and oxygen atoms in total. The summed E-state index contributed by atoms with van der Waals surface area (Å²) in [6.45, 7) is 1.81. The second-order valence-corrected chi connectivity index (χ2v) is 9.85. The largest absolute Gasteiger partial charge is 0.479 e. The quantitative estimate of drug-likeness (QED) is 0.383. The van der Waals surface area contributed by atoms with Crippen LogP contribution in [0.5, 0.6) is 5.88 Å². The highest BCUT2D eigenvalue weighted by atomic mass is 32.2. The zero-order chi connectivity index (χ0) is 26.3. The monoisotopic (exact) mass is 516 g/mol. The Labute approximate surface area is 204 Å². The average Bonchev–Trinajstić information content (AvgIpc) is 2.83. The van der Waals surface area contributed by atoms with Crippen LogP contribution in [0.1, 0.15) is 21.5 Å². The van der Waals surface area contributed by atoms with Crippen molar-refractivity contribution in [3.05, 3.63) is 71.4 Å². The second kappa shape index (κ2) is 9.19. The first kappa shape index (κ1) is 25.0. The number of amides is 1.